The van der Waals surface area contributed by atoms with Crippen molar-refractivity contribution in [3.05, 3.63) is 35.6 Å². The van der Waals surface area contributed by atoms with Gasteiger partial charge in [-0.3, -0.25) is 9.79 Å². The number of hydrogen-bond donors (Lipinski definition) is 2. The zero-order valence-corrected chi connectivity index (χ0v) is 13.4. The Labute approximate surface area is 136 Å². The van der Waals surface area contributed by atoms with Crippen molar-refractivity contribution in [3.8, 4) is 0 Å². The fraction of sp³-hybridized carbons (Fsp3) is 0.529. The van der Waals surface area contributed by atoms with E-state index in [1.807, 2.05) is 0 Å². The molecule has 0 aliphatic carbocycles. The maximum absolute atomic E-state index is 12.9. The second kappa shape index (κ2) is 8.50. The lowest BCUT2D eigenvalue weighted by molar-refractivity contribution is -0.121. The second-order valence-corrected chi connectivity index (χ2v) is 6.03. The summed E-state index contributed by atoms with van der Waals surface area (Å²) in [6.45, 7) is 2.08. The molecule has 23 heavy (non-hydrogen) atoms. The number of primary amides is 1. The molecule has 5 nitrogen and oxygen atoms in total. The van der Waals surface area contributed by atoms with E-state index in [4.69, 9.17) is 11.5 Å². The number of nitrogens with zero attached hydrogens (tertiary/aromatic N) is 2. The number of likely N-dealkylation sites (tertiary alicyclic amines) is 1. The number of carbonyl (C=O) groups excluding carboxylic acids is 1. The Hall–Kier alpha value is -2.11. The van der Waals surface area contributed by atoms with Gasteiger partial charge < -0.3 is 16.4 Å². The van der Waals surface area contributed by atoms with Gasteiger partial charge in [-0.2, -0.15) is 0 Å². The van der Waals surface area contributed by atoms with E-state index in [1.165, 1.54) is 25.0 Å². The lowest BCUT2D eigenvalue weighted by atomic mass is 9.99. The van der Waals surface area contributed by atoms with Crippen LogP contribution in [0.4, 0.5) is 4.39 Å². The summed E-state index contributed by atoms with van der Waals surface area (Å²) in [5.41, 5.74) is 12.4. The van der Waals surface area contributed by atoms with Crippen molar-refractivity contribution in [2.24, 2.45) is 22.4 Å². The summed E-state index contributed by atoms with van der Waals surface area (Å²) in [6, 6.07) is 6.07. The van der Waals surface area contributed by atoms with Gasteiger partial charge in [-0.25, -0.2) is 4.39 Å². The van der Waals surface area contributed by atoms with Gasteiger partial charge in [0.1, 0.15) is 5.82 Å². The SMILES string of the molecule is NC(=O)C(CN=C(N)N1CCCCCC1)Cc1ccc(F)cc1. The Bertz CT molecular complexity index is 536. The third-order valence-electron chi connectivity index (χ3n) is 4.20. The van der Waals surface area contributed by atoms with Gasteiger partial charge in [0.15, 0.2) is 5.96 Å². The van der Waals surface area contributed by atoms with Gasteiger partial charge in [-0.1, -0.05) is 25.0 Å². The summed E-state index contributed by atoms with van der Waals surface area (Å²) in [5, 5.41) is 0. The van der Waals surface area contributed by atoms with Gasteiger partial charge in [0.05, 0.1) is 12.5 Å². The second-order valence-electron chi connectivity index (χ2n) is 6.03. The average Bonchev–Trinajstić information content (AvgIpc) is 2.82. The number of benzene rings is 1. The standard InChI is InChI=1S/C17H25FN4O/c18-15-7-5-13(6-8-15)11-14(16(19)23)12-21-17(20)22-9-3-1-2-4-10-22/h5-8,14H,1-4,9-12H2,(H2,19,23)(H2,20,21). The maximum Gasteiger partial charge on any atom is 0.222 e. The summed E-state index contributed by atoms with van der Waals surface area (Å²) in [4.78, 5) is 18.1. The van der Waals surface area contributed by atoms with Crippen LogP contribution in [0.25, 0.3) is 0 Å². The van der Waals surface area contributed by atoms with Gasteiger partial charge in [0, 0.05) is 13.1 Å². The van der Waals surface area contributed by atoms with Crippen molar-refractivity contribution in [1.82, 2.24) is 4.90 Å². The Balaban J connectivity index is 1.96. The molecular formula is C17H25FN4O. The molecule has 1 aromatic carbocycles. The first-order valence-corrected chi connectivity index (χ1v) is 8.15. The van der Waals surface area contributed by atoms with Crippen molar-refractivity contribution < 1.29 is 9.18 Å². The Morgan fingerprint density at radius 2 is 1.74 bits per heavy atom. The Morgan fingerprint density at radius 3 is 2.30 bits per heavy atom. The monoisotopic (exact) mass is 320 g/mol. The van der Waals surface area contributed by atoms with Crippen LogP contribution < -0.4 is 11.5 Å². The van der Waals surface area contributed by atoms with Crippen LogP contribution in [-0.2, 0) is 11.2 Å². The molecule has 1 aliphatic heterocycles. The van der Waals surface area contributed by atoms with E-state index in [0.717, 1.165) is 31.5 Å². The van der Waals surface area contributed by atoms with E-state index < -0.39 is 11.8 Å². The van der Waals surface area contributed by atoms with Gasteiger partial charge in [0.25, 0.3) is 0 Å². The molecule has 0 radical (unpaired) electrons. The molecule has 0 bridgehead atoms. The smallest absolute Gasteiger partial charge is 0.222 e. The number of aliphatic imine (C=N–C) groups is 1. The molecule has 1 amide bonds. The minimum atomic E-state index is -0.439. The molecular weight excluding hydrogens is 295 g/mol. The van der Waals surface area contributed by atoms with Crippen molar-refractivity contribution in [3.63, 3.8) is 0 Å². The molecule has 1 saturated heterocycles. The normalized spacial score (nSPS) is 17.6. The highest BCUT2D eigenvalue weighted by molar-refractivity contribution is 5.80. The van der Waals surface area contributed by atoms with Crippen LogP contribution >= 0.6 is 0 Å². The van der Waals surface area contributed by atoms with E-state index >= 15 is 0 Å². The molecule has 1 aliphatic rings. The minimum Gasteiger partial charge on any atom is -0.370 e. The van der Waals surface area contributed by atoms with Crippen LogP contribution in [0.2, 0.25) is 0 Å². The summed E-state index contributed by atoms with van der Waals surface area (Å²) >= 11 is 0. The maximum atomic E-state index is 12.9. The molecule has 0 spiro atoms. The van der Waals surface area contributed by atoms with Crippen molar-refractivity contribution >= 4 is 11.9 Å². The summed E-state index contributed by atoms with van der Waals surface area (Å²) < 4.78 is 12.9. The molecule has 1 aromatic rings. The molecule has 126 valence electrons. The first-order chi connectivity index (χ1) is 11.1. The average molecular weight is 320 g/mol. The molecule has 1 atom stereocenters. The Morgan fingerprint density at radius 1 is 1.13 bits per heavy atom. The molecule has 4 N–H and O–H groups in total. The minimum absolute atomic E-state index is 0.259. The van der Waals surface area contributed by atoms with Gasteiger partial charge in [-0.05, 0) is 37.0 Å². The van der Waals surface area contributed by atoms with E-state index in [0.29, 0.717) is 12.4 Å². The highest BCUT2D eigenvalue weighted by atomic mass is 19.1. The van der Waals surface area contributed by atoms with Crippen molar-refractivity contribution in [1.29, 1.82) is 0 Å². The number of amides is 1. The van der Waals surface area contributed by atoms with Gasteiger partial charge >= 0.3 is 0 Å². The number of hydrogen-bond acceptors (Lipinski definition) is 2. The number of guanidine groups is 1. The largest absolute Gasteiger partial charge is 0.370 e. The predicted octanol–water partition coefficient (Wildman–Crippen LogP) is 1.66. The summed E-state index contributed by atoms with van der Waals surface area (Å²) in [5.74, 6) is -0.669. The van der Waals surface area contributed by atoms with Crippen LogP contribution in [0.15, 0.2) is 29.3 Å². The predicted molar refractivity (Wildman–Crippen MR) is 89.3 cm³/mol. The third kappa shape index (κ3) is 5.54. The van der Waals surface area contributed by atoms with E-state index in [2.05, 4.69) is 9.89 Å². The van der Waals surface area contributed by atoms with Crippen LogP contribution in [0.5, 0.6) is 0 Å². The lowest BCUT2D eigenvalue weighted by Crippen LogP contribution is -2.39. The number of halogens is 1. The molecule has 1 fully saturated rings. The van der Waals surface area contributed by atoms with Crippen molar-refractivity contribution in [2.75, 3.05) is 19.6 Å². The van der Waals surface area contributed by atoms with Gasteiger partial charge in [0.2, 0.25) is 5.91 Å². The molecule has 6 heteroatoms. The van der Waals surface area contributed by atoms with E-state index in [9.17, 15) is 9.18 Å². The third-order valence-corrected chi connectivity index (χ3v) is 4.20. The lowest BCUT2D eigenvalue weighted by Gasteiger charge is -2.21. The fourth-order valence-corrected chi connectivity index (χ4v) is 2.76. The zero-order chi connectivity index (χ0) is 16.7. The summed E-state index contributed by atoms with van der Waals surface area (Å²) in [7, 11) is 0. The molecule has 2 rings (SSSR count). The van der Waals surface area contributed by atoms with Crippen molar-refractivity contribution in [2.45, 2.75) is 32.1 Å². The topological polar surface area (TPSA) is 84.7 Å². The number of carbonyl (C=O) groups is 1. The highest BCUT2D eigenvalue weighted by Crippen LogP contribution is 2.12. The van der Waals surface area contributed by atoms with Crippen LogP contribution in [0, 0.1) is 11.7 Å². The van der Waals surface area contributed by atoms with E-state index in [-0.39, 0.29) is 12.4 Å². The fourth-order valence-electron chi connectivity index (χ4n) is 2.76. The summed E-state index contributed by atoms with van der Waals surface area (Å²) in [6.07, 6.45) is 5.11. The number of nitrogens with two attached hydrogens (primary N) is 2. The number of rotatable bonds is 5. The molecule has 0 aromatic heterocycles. The molecule has 1 unspecified atom stereocenters. The first-order valence-electron chi connectivity index (χ1n) is 8.15. The Kier molecular flexibility index (Phi) is 6.38. The molecule has 1 heterocycles. The zero-order valence-electron chi connectivity index (χ0n) is 13.4. The van der Waals surface area contributed by atoms with Crippen LogP contribution in [0.3, 0.4) is 0 Å². The molecule has 0 saturated carbocycles. The first kappa shape index (κ1) is 17.2. The highest BCUT2D eigenvalue weighted by Gasteiger charge is 2.17. The van der Waals surface area contributed by atoms with Crippen LogP contribution in [-0.4, -0.2) is 36.4 Å². The van der Waals surface area contributed by atoms with Crippen LogP contribution in [0.1, 0.15) is 31.2 Å². The quantitative estimate of drug-likeness (QED) is 0.639. The van der Waals surface area contributed by atoms with Gasteiger partial charge in [-0.15, -0.1) is 0 Å². The van der Waals surface area contributed by atoms with E-state index in [1.54, 1.807) is 12.1 Å².